The first-order chi connectivity index (χ1) is 13.0. The molecule has 2 amide bonds. The van der Waals surface area contributed by atoms with E-state index in [4.69, 9.17) is 11.5 Å². The van der Waals surface area contributed by atoms with Gasteiger partial charge in [0.05, 0.1) is 11.4 Å². The molecule has 0 aliphatic rings. The standard InChI is InChI=1S/C21H19N3O2S/c1-27-17-8-5-13(6-9-17)21(26)24-19-12-15(7-10-18(19)22)14-3-2-4-16(11-14)20(23)25/h2-12H,22H2,1H3,(H2,23,25)(H,24,26). The van der Waals surface area contributed by atoms with Gasteiger partial charge in [-0.05, 0) is 65.9 Å². The smallest absolute Gasteiger partial charge is 0.255 e. The van der Waals surface area contributed by atoms with Crippen molar-refractivity contribution in [1.29, 1.82) is 0 Å². The van der Waals surface area contributed by atoms with Crippen LogP contribution < -0.4 is 16.8 Å². The van der Waals surface area contributed by atoms with Gasteiger partial charge >= 0.3 is 0 Å². The van der Waals surface area contributed by atoms with Crippen LogP contribution >= 0.6 is 11.8 Å². The Bertz CT molecular complexity index is 1000. The molecular weight excluding hydrogens is 358 g/mol. The summed E-state index contributed by atoms with van der Waals surface area (Å²) in [5, 5.41) is 2.85. The van der Waals surface area contributed by atoms with Crippen molar-refractivity contribution in [3.05, 3.63) is 77.9 Å². The van der Waals surface area contributed by atoms with Crippen LogP contribution in [0.4, 0.5) is 11.4 Å². The first kappa shape index (κ1) is 18.5. The predicted molar refractivity (Wildman–Crippen MR) is 111 cm³/mol. The van der Waals surface area contributed by atoms with Gasteiger partial charge < -0.3 is 16.8 Å². The van der Waals surface area contributed by atoms with Crippen molar-refractivity contribution in [2.45, 2.75) is 4.90 Å². The lowest BCUT2D eigenvalue weighted by Crippen LogP contribution is -2.13. The molecule has 3 rings (SSSR count). The summed E-state index contributed by atoms with van der Waals surface area (Å²) in [5.74, 6) is -0.730. The Kier molecular flexibility index (Phi) is 5.47. The number of benzene rings is 3. The number of nitrogens with two attached hydrogens (primary N) is 2. The fourth-order valence-corrected chi connectivity index (χ4v) is 3.04. The van der Waals surface area contributed by atoms with E-state index in [9.17, 15) is 9.59 Å². The van der Waals surface area contributed by atoms with Crippen LogP contribution in [-0.4, -0.2) is 18.1 Å². The largest absolute Gasteiger partial charge is 0.397 e. The van der Waals surface area contributed by atoms with Crippen molar-refractivity contribution in [3.8, 4) is 11.1 Å². The Labute approximate surface area is 161 Å². The molecule has 27 heavy (non-hydrogen) atoms. The van der Waals surface area contributed by atoms with Crippen molar-refractivity contribution in [2.24, 2.45) is 5.73 Å². The lowest BCUT2D eigenvalue weighted by atomic mass is 10.0. The number of carbonyl (C=O) groups is 2. The van der Waals surface area contributed by atoms with Gasteiger partial charge in [-0.2, -0.15) is 0 Å². The van der Waals surface area contributed by atoms with Crippen molar-refractivity contribution < 1.29 is 9.59 Å². The molecule has 0 atom stereocenters. The molecule has 0 fully saturated rings. The maximum atomic E-state index is 12.5. The van der Waals surface area contributed by atoms with Gasteiger partial charge in [-0.1, -0.05) is 18.2 Å². The zero-order valence-corrected chi connectivity index (χ0v) is 15.5. The van der Waals surface area contributed by atoms with Crippen molar-refractivity contribution in [3.63, 3.8) is 0 Å². The summed E-state index contributed by atoms with van der Waals surface area (Å²) in [6.45, 7) is 0. The summed E-state index contributed by atoms with van der Waals surface area (Å²) in [7, 11) is 0. The second-order valence-corrected chi connectivity index (χ2v) is 6.81. The molecular formula is C21H19N3O2S. The molecule has 0 bridgehead atoms. The molecule has 0 radical (unpaired) electrons. The number of primary amides is 1. The number of thioether (sulfide) groups is 1. The average Bonchev–Trinajstić information content (AvgIpc) is 2.69. The second-order valence-electron chi connectivity index (χ2n) is 5.93. The molecule has 136 valence electrons. The van der Waals surface area contributed by atoms with E-state index in [2.05, 4.69) is 5.32 Å². The number of carbonyl (C=O) groups excluding carboxylic acids is 2. The molecule has 0 aliphatic heterocycles. The lowest BCUT2D eigenvalue weighted by Gasteiger charge is -2.11. The highest BCUT2D eigenvalue weighted by atomic mass is 32.2. The second kappa shape index (κ2) is 7.97. The van der Waals surface area contributed by atoms with Gasteiger partial charge in [-0.15, -0.1) is 11.8 Å². The van der Waals surface area contributed by atoms with E-state index in [1.807, 2.05) is 30.5 Å². The summed E-state index contributed by atoms with van der Waals surface area (Å²) in [4.78, 5) is 25.0. The van der Waals surface area contributed by atoms with Crippen LogP contribution in [0.15, 0.2) is 71.6 Å². The van der Waals surface area contributed by atoms with Crippen LogP contribution in [-0.2, 0) is 0 Å². The minimum atomic E-state index is -0.491. The number of amides is 2. The van der Waals surface area contributed by atoms with Gasteiger partial charge in [0.2, 0.25) is 5.91 Å². The fourth-order valence-electron chi connectivity index (χ4n) is 2.63. The molecule has 0 saturated carbocycles. The van der Waals surface area contributed by atoms with E-state index < -0.39 is 5.91 Å². The summed E-state index contributed by atoms with van der Waals surface area (Å²) in [6, 6.07) is 19.7. The molecule has 5 nitrogen and oxygen atoms in total. The van der Waals surface area contributed by atoms with Gasteiger partial charge in [0, 0.05) is 16.0 Å². The number of hydrogen-bond donors (Lipinski definition) is 3. The monoisotopic (exact) mass is 377 g/mol. The highest BCUT2D eigenvalue weighted by Crippen LogP contribution is 2.28. The zero-order chi connectivity index (χ0) is 19.4. The van der Waals surface area contributed by atoms with Crippen LogP contribution in [0.5, 0.6) is 0 Å². The van der Waals surface area contributed by atoms with E-state index >= 15 is 0 Å². The van der Waals surface area contributed by atoms with Gasteiger partial charge in [0.1, 0.15) is 0 Å². The van der Waals surface area contributed by atoms with Crippen LogP contribution in [0, 0.1) is 0 Å². The van der Waals surface area contributed by atoms with Gasteiger partial charge in [0.15, 0.2) is 0 Å². The van der Waals surface area contributed by atoms with Gasteiger partial charge in [-0.25, -0.2) is 0 Å². The van der Waals surface area contributed by atoms with E-state index in [0.29, 0.717) is 22.5 Å². The summed E-state index contributed by atoms with van der Waals surface area (Å²) >= 11 is 1.61. The normalized spacial score (nSPS) is 10.4. The molecule has 5 N–H and O–H groups in total. The maximum Gasteiger partial charge on any atom is 0.255 e. The minimum absolute atomic E-state index is 0.239. The molecule has 6 heteroatoms. The van der Waals surface area contributed by atoms with Gasteiger partial charge in [0.25, 0.3) is 5.91 Å². The number of rotatable bonds is 5. The van der Waals surface area contributed by atoms with Gasteiger partial charge in [-0.3, -0.25) is 9.59 Å². The summed E-state index contributed by atoms with van der Waals surface area (Å²) < 4.78 is 0. The summed E-state index contributed by atoms with van der Waals surface area (Å²) in [5.41, 5.74) is 14.9. The van der Waals surface area contributed by atoms with E-state index in [1.54, 1.807) is 54.2 Å². The molecule has 3 aromatic carbocycles. The highest BCUT2D eigenvalue weighted by Gasteiger charge is 2.10. The minimum Gasteiger partial charge on any atom is -0.397 e. The molecule has 0 heterocycles. The van der Waals surface area contributed by atoms with Crippen LogP contribution in [0.2, 0.25) is 0 Å². The highest BCUT2D eigenvalue weighted by molar-refractivity contribution is 7.98. The van der Waals surface area contributed by atoms with Crippen LogP contribution in [0.3, 0.4) is 0 Å². The van der Waals surface area contributed by atoms with Crippen molar-refractivity contribution >= 4 is 35.0 Å². The summed E-state index contributed by atoms with van der Waals surface area (Å²) in [6.07, 6.45) is 1.98. The Balaban J connectivity index is 1.88. The van der Waals surface area contributed by atoms with E-state index in [0.717, 1.165) is 16.0 Å². The van der Waals surface area contributed by atoms with Crippen molar-refractivity contribution in [1.82, 2.24) is 0 Å². The fraction of sp³-hybridized carbons (Fsp3) is 0.0476. The van der Waals surface area contributed by atoms with Crippen molar-refractivity contribution in [2.75, 3.05) is 17.3 Å². The third-order valence-corrected chi connectivity index (χ3v) is 4.88. The molecule has 3 aromatic rings. The Morgan fingerprint density at radius 2 is 1.59 bits per heavy atom. The quantitative estimate of drug-likeness (QED) is 0.462. The average molecular weight is 377 g/mol. The van der Waals surface area contributed by atoms with E-state index in [1.165, 1.54) is 0 Å². The van der Waals surface area contributed by atoms with E-state index in [-0.39, 0.29) is 5.91 Å². The SMILES string of the molecule is CSc1ccc(C(=O)Nc2cc(-c3cccc(C(N)=O)c3)ccc2N)cc1. The Morgan fingerprint density at radius 3 is 2.26 bits per heavy atom. The van der Waals surface area contributed by atoms with Crippen LogP contribution in [0.1, 0.15) is 20.7 Å². The number of nitrogen functional groups attached to an aromatic ring is 1. The molecule has 0 unspecified atom stereocenters. The van der Waals surface area contributed by atoms with Crippen LogP contribution in [0.25, 0.3) is 11.1 Å². The number of nitrogens with one attached hydrogen (secondary N) is 1. The Morgan fingerprint density at radius 1 is 0.889 bits per heavy atom. The maximum absolute atomic E-state index is 12.5. The first-order valence-corrected chi connectivity index (χ1v) is 9.45. The zero-order valence-electron chi connectivity index (χ0n) is 14.7. The third-order valence-electron chi connectivity index (χ3n) is 4.13. The molecule has 0 aromatic heterocycles. The molecule has 0 spiro atoms. The number of anilines is 2. The molecule has 0 saturated heterocycles. The third kappa shape index (κ3) is 4.30. The lowest BCUT2D eigenvalue weighted by molar-refractivity contribution is 0.0997. The predicted octanol–water partition coefficient (Wildman–Crippen LogP) is 4.01. The number of hydrogen-bond acceptors (Lipinski definition) is 4. The Hall–Kier alpha value is -3.25. The molecule has 0 aliphatic carbocycles. The topological polar surface area (TPSA) is 98.2 Å². The first-order valence-electron chi connectivity index (χ1n) is 8.23.